The molecule has 2 N–H and O–H groups in total. The maximum atomic E-state index is 12.2. The third-order valence-electron chi connectivity index (χ3n) is 3.46. The van der Waals surface area contributed by atoms with Gasteiger partial charge in [-0.05, 0) is 35.9 Å². The highest BCUT2D eigenvalue weighted by Gasteiger charge is 2.13. The molecule has 1 amide bonds. The lowest BCUT2D eigenvalue weighted by atomic mass is 10.1. The van der Waals surface area contributed by atoms with Crippen molar-refractivity contribution in [3.63, 3.8) is 0 Å². The van der Waals surface area contributed by atoms with Gasteiger partial charge in [-0.15, -0.1) is 0 Å². The lowest BCUT2D eigenvalue weighted by Crippen LogP contribution is -2.17. The molecule has 1 aromatic heterocycles. The van der Waals surface area contributed by atoms with E-state index in [1.165, 1.54) is 0 Å². The minimum absolute atomic E-state index is 0.314. The van der Waals surface area contributed by atoms with Gasteiger partial charge in [0.15, 0.2) is 0 Å². The number of carbonyl (C=O) groups is 1. The predicted molar refractivity (Wildman–Crippen MR) is 99.8 cm³/mol. The van der Waals surface area contributed by atoms with Crippen LogP contribution in [0.2, 0.25) is 0 Å². The van der Waals surface area contributed by atoms with Gasteiger partial charge in [0.25, 0.3) is 5.91 Å². The standard InChI is InChI=1S/C18H15BrN4O2/c1-25-17-5-3-2-4-14(17)15-10-16(22-21-15)18(24)23-20-11-12-6-8-13(19)9-7-12/h2-11H,1H3,(H,21,22)(H,23,24)/b20-11+. The molecule has 0 bridgehead atoms. The molecule has 2 aromatic carbocycles. The fraction of sp³-hybridized carbons (Fsp3) is 0.0556. The average Bonchev–Trinajstić information content (AvgIpc) is 3.13. The lowest BCUT2D eigenvalue weighted by Gasteiger charge is -2.04. The molecule has 3 rings (SSSR count). The topological polar surface area (TPSA) is 79.4 Å². The maximum Gasteiger partial charge on any atom is 0.289 e. The lowest BCUT2D eigenvalue weighted by molar-refractivity contribution is 0.0950. The van der Waals surface area contributed by atoms with Crippen LogP contribution in [-0.2, 0) is 0 Å². The number of H-pyrrole nitrogens is 1. The second kappa shape index (κ2) is 7.76. The second-order valence-corrected chi connectivity index (χ2v) is 6.03. The number of aromatic amines is 1. The number of hydrazone groups is 1. The van der Waals surface area contributed by atoms with Gasteiger partial charge in [0, 0.05) is 10.0 Å². The summed E-state index contributed by atoms with van der Waals surface area (Å²) in [6.07, 6.45) is 1.57. The van der Waals surface area contributed by atoms with Gasteiger partial charge in [0.05, 0.1) is 19.0 Å². The van der Waals surface area contributed by atoms with Crippen LogP contribution in [0.25, 0.3) is 11.3 Å². The van der Waals surface area contributed by atoms with E-state index in [0.717, 1.165) is 15.6 Å². The monoisotopic (exact) mass is 398 g/mol. The number of hydrogen-bond acceptors (Lipinski definition) is 4. The van der Waals surface area contributed by atoms with Gasteiger partial charge < -0.3 is 4.74 Å². The van der Waals surface area contributed by atoms with Crippen molar-refractivity contribution in [3.05, 3.63) is 70.3 Å². The first kappa shape index (κ1) is 16.9. The smallest absolute Gasteiger partial charge is 0.289 e. The summed E-state index contributed by atoms with van der Waals surface area (Å²) in [6, 6.07) is 16.7. The number of amides is 1. The molecular formula is C18H15BrN4O2. The largest absolute Gasteiger partial charge is 0.496 e. The van der Waals surface area contributed by atoms with Gasteiger partial charge in [-0.25, -0.2) is 5.43 Å². The molecule has 3 aromatic rings. The van der Waals surface area contributed by atoms with Crippen LogP contribution in [0.15, 0.2) is 64.2 Å². The summed E-state index contributed by atoms with van der Waals surface area (Å²) in [7, 11) is 1.59. The highest BCUT2D eigenvalue weighted by Crippen LogP contribution is 2.28. The molecule has 0 aliphatic rings. The molecular weight excluding hydrogens is 384 g/mol. The summed E-state index contributed by atoms with van der Waals surface area (Å²) in [5.41, 5.74) is 5.09. The molecule has 0 spiro atoms. The summed E-state index contributed by atoms with van der Waals surface area (Å²) >= 11 is 3.36. The van der Waals surface area contributed by atoms with Gasteiger partial charge in [0.2, 0.25) is 0 Å². The number of methoxy groups -OCH3 is 1. The van der Waals surface area contributed by atoms with E-state index in [-0.39, 0.29) is 5.91 Å². The van der Waals surface area contributed by atoms with Gasteiger partial charge in [0.1, 0.15) is 11.4 Å². The molecule has 0 fully saturated rings. The van der Waals surface area contributed by atoms with E-state index in [1.807, 2.05) is 48.5 Å². The van der Waals surface area contributed by atoms with Crippen LogP contribution >= 0.6 is 15.9 Å². The molecule has 0 atom stereocenters. The molecule has 0 aliphatic carbocycles. The zero-order valence-electron chi connectivity index (χ0n) is 13.4. The van der Waals surface area contributed by atoms with Gasteiger partial charge >= 0.3 is 0 Å². The first-order valence-electron chi connectivity index (χ1n) is 7.45. The number of ether oxygens (including phenoxy) is 1. The van der Waals surface area contributed by atoms with Gasteiger partial charge in [-0.1, -0.05) is 40.2 Å². The van der Waals surface area contributed by atoms with Crippen LogP contribution in [0.1, 0.15) is 16.1 Å². The van der Waals surface area contributed by atoms with Crippen molar-refractivity contribution in [2.45, 2.75) is 0 Å². The number of benzene rings is 2. The van der Waals surface area contributed by atoms with Crippen molar-refractivity contribution in [2.24, 2.45) is 5.10 Å². The summed E-state index contributed by atoms with van der Waals surface area (Å²) in [5, 5.41) is 10.8. The van der Waals surface area contributed by atoms with Crippen molar-refractivity contribution in [3.8, 4) is 17.0 Å². The number of aromatic nitrogens is 2. The normalized spacial score (nSPS) is 10.8. The fourth-order valence-electron chi connectivity index (χ4n) is 2.21. The predicted octanol–water partition coefficient (Wildman–Crippen LogP) is 3.61. The zero-order chi connectivity index (χ0) is 17.6. The Labute approximate surface area is 153 Å². The van der Waals surface area contributed by atoms with Crippen molar-refractivity contribution in [2.75, 3.05) is 7.11 Å². The zero-order valence-corrected chi connectivity index (χ0v) is 14.9. The first-order valence-corrected chi connectivity index (χ1v) is 8.24. The molecule has 0 saturated heterocycles. The van der Waals surface area contributed by atoms with Crippen LogP contribution in [0.4, 0.5) is 0 Å². The molecule has 1 heterocycles. The van der Waals surface area contributed by atoms with Gasteiger partial charge in [-0.2, -0.15) is 10.2 Å². The Hall–Kier alpha value is -2.93. The first-order chi connectivity index (χ1) is 12.2. The third-order valence-corrected chi connectivity index (χ3v) is 3.98. The third kappa shape index (κ3) is 4.13. The van der Waals surface area contributed by atoms with Crippen LogP contribution < -0.4 is 10.2 Å². The van der Waals surface area contributed by atoms with E-state index >= 15 is 0 Å². The molecule has 0 radical (unpaired) electrons. The summed E-state index contributed by atoms with van der Waals surface area (Å²) < 4.78 is 6.29. The van der Waals surface area contributed by atoms with Crippen molar-refractivity contribution in [1.29, 1.82) is 0 Å². The number of nitrogens with zero attached hydrogens (tertiary/aromatic N) is 2. The number of halogens is 1. The van der Waals surface area contributed by atoms with Crippen LogP contribution in [0, 0.1) is 0 Å². The van der Waals surface area contributed by atoms with Crippen LogP contribution in [-0.4, -0.2) is 29.4 Å². The number of carbonyl (C=O) groups excluding carboxylic acids is 1. The van der Waals surface area contributed by atoms with E-state index in [0.29, 0.717) is 17.1 Å². The molecule has 0 unspecified atom stereocenters. The van der Waals surface area contributed by atoms with E-state index in [1.54, 1.807) is 19.4 Å². The number of nitrogens with one attached hydrogen (secondary N) is 2. The SMILES string of the molecule is COc1ccccc1-c1cc(C(=O)N/N=C/c2ccc(Br)cc2)[nH]n1. The molecule has 0 saturated carbocycles. The molecule has 25 heavy (non-hydrogen) atoms. The Balaban J connectivity index is 1.69. The summed E-state index contributed by atoms with van der Waals surface area (Å²) in [4.78, 5) is 12.2. The van der Waals surface area contributed by atoms with Gasteiger partial charge in [-0.3, -0.25) is 9.89 Å². The Kier molecular flexibility index (Phi) is 5.25. The van der Waals surface area contributed by atoms with Crippen LogP contribution in [0.5, 0.6) is 5.75 Å². The minimum Gasteiger partial charge on any atom is -0.496 e. The van der Waals surface area contributed by atoms with E-state index < -0.39 is 0 Å². The minimum atomic E-state index is -0.373. The summed E-state index contributed by atoms with van der Waals surface area (Å²) in [6.45, 7) is 0. The highest BCUT2D eigenvalue weighted by molar-refractivity contribution is 9.10. The highest BCUT2D eigenvalue weighted by atomic mass is 79.9. The molecule has 0 aliphatic heterocycles. The van der Waals surface area contributed by atoms with Crippen molar-refractivity contribution < 1.29 is 9.53 Å². The second-order valence-electron chi connectivity index (χ2n) is 5.12. The Morgan fingerprint density at radius 3 is 2.76 bits per heavy atom. The maximum absolute atomic E-state index is 12.2. The molecule has 126 valence electrons. The van der Waals surface area contributed by atoms with Crippen molar-refractivity contribution in [1.82, 2.24) is 15.6 Å². The number of hydrogen-bond donors (Lipinski definition) is 2. The summed E-state index contributed by atoms with van der Waals surface area (Å²) in [5.74, 6) is 0.316. The quantitative estimate of drug-likeness (QED) is 0.508. The number of rotatable bonds is 5. The Morgan fingerprint density at radius 2 is 2.00 bits per heavy atom. The van der Waals surface area contributed by atoms with E-state index in [2.05, 4.69) is 36.7 Å². The average molecular weight is 399 g/mol. The van der Waals surface area contributed by atoms with E-state index in [9.17, 15) is 4.79 Å². The molecule has 7 heteroatoms. The van der Waals surface area contributed by atoms with Crippen molar-refractivity contribution >= 4 is 28.1 Å². The van der Waals surface area contributed by atoms with Crippen LogP contribution in [0.3, 0.4) is 0 Å². The Morgan fingerprint density at radius 1 is 1.24 bits per heavy atom. The van der Waals surface area contributed by atoms with E-state index in [4.69, 9.17) is 4.74 Å². The molecule has 6 nitrogen and oxygen atoms in total. The fourth-order valence-corrected chi connectivity index (χ4v) is 2.47. The number of para-hydroxylation sites is 1. The Bertz CT molecular complexity index is 903.